The molecular weight excluding hydrogens is 340 g/mol. The number of carbonyl (C=O) groups is 1. The van der Waals surface area contributed by atoms with Gasteiger partial charge in [0.05, 0.1) is 18.1 Å². The minimum absolute atomic E-state index is 0.0500. The Morgan fingerprint density at radius 3 is 2.76 bits per heavy atom. The Bertz CT molecular complexity index is 546. The van der Waals surface area contributed by atoms with Crippen LogP contribution < -0.4 is 0 Å². The second-order valence-electron chi connectivity index (χ2n) is 4.97. The molecule has 0 bridgehead atoms. The number of nitro benzene ring substituents is 1. The number of ether oxygens (including phenoxy) is 1. The van der Waals surface area contributed by atoms with Gasteiger partial charge in [-0.1, -0.05) is 15.9 Å². The summed E-state index contributed by atoms with van der Waals surface area (Å²) in [7, 11) is 0. The molecule has 1 fully saturated rings. The van der Waals surface area contributed by atoms with Gasteiger partial charge in [0.15, 0.2) is 0 Å². The van der Waals surface area contributed by atoms with Crippen LogP contribution in [0, 0.1) is 10.1 Å². The summed E-state index contributed by atoms with van der Waals surface area (Å²) in [6, 6.07) is 5.10. The van der Waals surface area contributed by atoms with Gasteiger partial charge in [-0.2, -0.15) is 0 Å². The first kappa shape index (κ1) is 15.9. The lowest BCUT2D eigenvalue weighted by molar-refractivity contribution is -0.384. The minimum atomic E-state index is -0.425. The highest BCUT2D eigenvalue weighted by atomic mass is 79.9. The van der Waals surface area contributed by atoms with Crippen LogP contribution >= 0.6 is 15.9 Å². The molecule has 0 aliphatic heterocycles. The number of non-ortho nitro benzene ring substituents is 1. The molecule has 0 N–H and O–H groups in total. The monoisotopic (exact) mass is 356 g/mol. The standard InChI is InChI=1S/C14H17BrN2O4/c1-2-21-14(18)9-16(11-5-6-11)8-10-3-4-12(17(19)20)7-13(10)15/h3-4,7,11H,2,5-6,8-9H2,1H3. The van der Waals surface area contributed by atoms with Gasteiger partial charge in [0.25, 0.3) is 5.69 Å². The Balaban J connectivity index is 2.06. The highest BCUT2D eigenvalue weighted by molar-refractivity contribution is 9.10. The van der Waals surface area contributed by atoms with Crippen molar-refractivity contribution < 1.29 is 14.5 Å². The smallest absolute Gasteiger partial charge is 0.320 e. The summed E-state index contributed by atoms with van der Waals surface area (Å²) in [5.41, 5.74) is 0.978. The van der Waals surface area contributed by atoms with E-state index >= 15 is 0 Å². The van der Waals surface area contributed by atoms with E-state index in [-0.39, 0.29) is 18.2 Å². The summed E-state index contributed by atoms with van der Waals surface area (Å²) in [6.07, 6.45) is 2.15. The van der Waals surface area contributed by atoms with E-state index in [1.807, 2.05) is 0 Å². The van der Waals surface area contributed by atoms with Gasteiger partial charge in [0.2, 0.25) is 0 Å². The average Bonchev–Trinajstić information content (AvgIpc) is 3.24. The van der Waals surface area contributed by atoms with E-state index in [0.29, 0.717) is 23.7 Å². The molecule has 114 valence electrons. The third-order valence-electron chi connectivity index (χ3n) is 3.32. The fourth-order valence-corrected chi connectivity index (χ4v) is 2.62. The van der Waals surface area contributed by atoms with Crippen molar-refractivity contribution in [1.82, 2.24) is 4.90 Å². The predicted octanol–water partition coefficient (Wildman–Crippen LogP) is 2.88. The van der Waals surface area contributed by atoms with Crippen molar-refractivity contribution in [3.8, 4) is 0 Å². The molecule has 0 aromatic heterocycles. The van der Waals surface area contributed by atoms with E-state index in [9.17, 15) is 14.9 Å². The van der Waals surface area contributed by atoms with Crippen LogP contribution in [-0.4, -0.2) is 35.0 Å². The van der Waals surface area contributed by atoms with E-state index in [2.05, 4.69) is 20.8 Å². The maximum atomic E-state index is 11.6. The number of halogens is 1. The molecule has 0 spiro atoms. The first-order chi connectivity index (χ1) is 10.0. The number of nitro groups is 1. The molecule has 2 rings (SSSR count). The molecule has 6 nitrogen and oxygen atoms in total. The third kappa shape index (κ3) is 4.50. The number of rotatable bonds is 7. The van der Waals surface area contributed by atoms with E-state index in [1.165, 1.54) is 12.1 Å². The lowest BCUT2D eigenvalue weighted by Crippen LogP contribution is -2.32. The largest absolute Gasteiger partial charge is 0.465 e. The average molecular weight is 357 g/mol. The molecule has 1 aliphatic carbocycles. The van der Waals surface area contributed by atoms with Crippen molar-refractivity contribution in [3.05, 3.63) is 38.3 Å². The molecule has 0 radical (unpaired) electrons. The molecule has 0 unspecified atom stereocenters. The molecule has 1 aromatic carbocycles. The van der Waals surface area contributed by atoms with E-state index in [1.54, 1.807) is 13.0 Å². The zero-order chi connectivity index (χ0) is 15.4. The lowest BCUT2D eigenvalue weighted by Gasteiger charge is -2.21. The fourth-order valence-electron chi connectivity index (χ4n) is 2.12. The van der Waals surface area contributed by atoms with Gasteiger partial charge in [-0.05, 0) is 31.4 Å². The zero-order valence-electron chi connectivity index (χ0n) is 11.8. The van der Waals surface area contributed by atoms with Crippen LogP contribution in [0.1, 0.15) is 25.3 Å². The van der Waals surface area contributed by atoms with Crippen LogP contribution in [0.4, 0.5) is 5.69 Å². The number of esters is 1. The normalized spacial score (nSPS) is 14.2. The summed E-state index contributed by atoms with van der Waals surface area (Å²) in [5, 5.41) is 10.7. The zero-order valence-corrected chi connectivity index (χ0v) is 13.3. The molecule has 7 heteroatoms. The molecule has 21 heavy (non-hydrogen) atoms. The molecule has 0 atom stereocenters. The van der Waals surface area contributed by atoms with Gasteiger partial charge >= 0.3 is 5.97 Å². The van der Waals surface area contributed by atoms with Crippen molar-refractivity contribution in [2.24, 2.45) is 0 Å². The quantitative estimate of drug-likeness (QED) is 0.426. The minimum Gasteiger partial charge on any atom is -0.465 e. The number of benzene rings is 1. The van der Waals surface area contributed by atoms with Crippen LogP contribution in [0.15, 0.2) is 22.7 Å². The summed E-state index contributed by atoms with van der Waals surface area (Å²) in [4.78, 5) is 24.0. The van der Waals surface area contributed by atoms with Crippen molar-refractivity contribution in [2.45, 2.75) is 32.4 Å². The topological polar surface area (TPSA) is 72.7 Å². The summed E-state index contributed by atoms with van der Waals surface area (Å²) in [6.45, 7) is 2.98. The molecular formula is C14H17BrN2O4. The predicted molar refractivity (Wildman–Crippen MR) is 80.9 cm³/mol. The van der Waals surface area contributed by atoms with Gasteiger partial charge in [0.1, 0.15) is 0 Å². The van der Waals surface area contributed by atoms with Gasteiger partial charge < -0.3 is 4.74 Å². The molecule has 1 saturated carbocycles. The number of hydrogen-bond donors (Lipinski definition) is 0. The van der Waals surface area contributed by atoms with Crippen LogP contribution in [-0.2, 0) is 16.1 Å². The van der Waals surface area contributed by atoms with Gasteiger partial charge in [0, 0.05) is 29.2 Å². The SMILES string of the molecule is CCOC(=O)CN(Cc1ccc([N+](=O)[O-])cc1Br)C1CC1. The van der Waals surface area contributed by atoms with Crippen molar-refractivity contribution in [1.29, 1.82) is 0 Å². The second-order valence-corrected chi connectivity index (χ2v) is 5.83. The summed E-state index contributed by atoms with van der Waals surface area (Å²) in [5.74, 6) is -0.234. The molecule has 1 aliphatic rings. The highest BCUT2D eigenvalue weighted by Crippen LogP contribution is 2.30. The second kappa shape index (κ2) is 7.00. The number of nitrogens with zero attached hydrogens (tertiary/aromatic N) is 2. The van der Waals surface area contributed by atoms with Gasteiger partial charge in [-0.3, -0.25) is 19.8 Å². The number of carbonyl (C=O) groups excluding carboxylic acids is 1. The summed E-state index contributed by atoms with van der Waals surface area (Å²) < 4.78 is 5.67. The highest BCUT2D eigenvalue weighted by Gasteiger charge is 2.31. The molecule has 1 aromatic rings. The van der Waals surface area contributed by atoms with Crippen LogP contribution in [0.2, 0.25) is 0 Å². The lowest BCUT2D eigenvalue weighted by atomic mass is 10.2. The van der Waals surface area contributed by atoms with Gasteiger partial charge in [-0.25, -0.2) is 0 Å². The maximum Gasteiger partial charge on any atom is 0.320 e. The van der Waals surface area contributed by atoms with E-state index < -0.39 is 4.92 Å². The van der Waals surface area contributed by atoms with Crippen molar-refractivity contribution in [3.63, 3.8) is 0 Å². The summed E-state index contributed by atoms with van der Waals surface area (Å²) >= 11 is 3.36. The van der Waals surface area contributed by atoms with Crippen LogP contribution in [0.3, 0.4) is 0 Å². The molecule has 0 saturated heterocycles. The maximum absolute atomic E-state index is 11.6. The molecule has 0 amide bonds. The Hall–Kier alpha value is -1.47. The third-order valence-corrected chi connectivity index (χ3v) is 4.06. The van der Waals surface area contributed by atoms with Crippen LogP contribution in [0.25, 0.3) is 0 Å². The Morgan fingerprint density at radius 2 is 2.24 bits per heavy atom. The Morgan fingerprint density at radius 1 is 1.52 bits per heavy atom. The Kier molecular flexibility index (Phi) is 5.30. The Labute approximate surface area is 131 Å². The van der Waals surface area contributed by atoms with Crippen molar-refractivity contribution >= 4 is 27.6 Å². The van der Waals surface area contributed by atoms with E-state index in [0.717, 1.165) is 18.4 Å². The van der Waals surface area contributed by atoms with E-state index in [4.69, 9.17) is 4.74 Å². The first-order valence-corrected chi connectivity index (χ1v) is 7.63. The van der Waals surface area contributed by atoms with Crippen LogP contribution in [0.5, 0.6) is 0 Å². The number of hydrogen-bond acceptors (Lipinski definition) is 5. The van der Waals surface area contributed by atoms with Crippen molar-refractivity contribution in [2.75, 3.05) is 13.2 Å². The first-order valence-electron chi connectivity index (χ1n) is 6.83. The fraction of sp³-hybridized carbons (Fsp3) is 0.500. The van der Waals surface area contributed by atoms with Gasteiger partial charge in [-0.15, -0.1) is 0 Å². The molecule has 0 heterocycles.